The molecule has 0 aliphatic rings. The smallest absolute Gasteiger partial charge is 0.0630 e. The summed E-state index contributed by atoms with van der Waals surface area (Å²) in [5.41, 5.74) is 0.161. The van der Waals surface area contributed by atoms with Crippen LogP contribution in [0.5, 0.6) is 0 Å². The molecule has 0 saturated carbocycles. The quantitative estimate of drug-likeness (QED) is 0.724. The molecule has 0 rings (SSSR count). The molecular formula is C15H34N2O. The molecule has 0 saturated heterocycles. The average Bonchev–Trinajstić information content (AvgIpc) is 2.20. The van der Waals surface area contributed by atoms with E-state index in [9.17, 15) is 0 Å². The SMILES string of the molecule is COCC(CNC(C)(C)C)N(C)C(C)CC(C)C. The highest BCUT2D eigenvalue weighted by atomic mass is 16.5. The predicted octanol–water partition coefficient (Wildman–Crippen LogP) is 2.76. The van der Waals surface area contributed by atoms with E-state index in [1.165, 1.54) is 6.42 Å². The van der Waals surface area contributed by atoms with Crippen molar-refractivity contribution < 1.29 is 4.74 Å². The van der Waals surface area contributed by atoms with E-state index in [1.54, 1.807) is 7.11 Å². The fourth-order valence-electron chi connectivity index (χ4n) is 2.15. The lowest BCUT2D eigenvalue weighted by molar-refractivity contribution is 0.0741. The molecule has 3 heteroatoms. The monoisotopic (exact) mass is 258 g/mol. The minimum absolute atomic E-state index is 0.161. The summed E-state index contributed by atoms with van der Waals surface area (Å²) in [4.78, 5) is 2.45. The first-order valence-corrected chi connectivity index (χ1v) is 7.13. The van der Waals surface area contributed by atoms with Gasteiger partial charge in [0.15, 0.2) is 0 Å². The molecule has 0 aliphatic carbocycles. The fourth-order valence-corrected chi connectivity index (χ4v) is 2.15. The largest absolute Gasteiger partial charge is 0.383 e. The summed E-state index contributed by atoms with van der Waals surface area (Å²) < 4.78 is 5.36. The van der Waals surface area contributed by atoms with Gasteiger partial charge >= 0.3 is 0 Å². The Kier molecular flexibility index (Phi) is 8.08. The maximum atomic E-state index is 5.36. The van der Waals surface area contributed by atoms with Gasteiger partial charge in [-0.3, -0.25) is 4.90 Å². The molecule has 0 aliphatic heterocycles. The second-order valence-electron chi connectivity index (χ2n) is 6.88. The summed E-state index contributed by atoms with van der Waals surface area (Å²) in [6.45, 7) is 15.2. The van der Waals surface area contributed by atoms with Crippen LogP contribution in [0.2, 0.25) is 0 Å². The van der Waals surface area contributed by atoms with Crippen molar-refractivity contribution in [3.63, 3.8) is 0 Å². The molecule has 0 aromatic heterocycles. The lowest BCUT2D eigenvalue weighted by Crippen LogP contribution is -2.51. The zero-order valence-electron chi connectivity index (χ0n) is 13.7. The highest BCUT2D eigenvalue weighted by molar-refractivity contribution is 4.80. The van der Waals surface area contributed by atoms with Crippen LogP contribution >= 0.6 is 0 Å². The van der Waals surface area contributed by atoms with E-state index in [2.05, 4.69) is 58.8 Å². The number of hydrogen-bond donors (Lipinski definition) is 1. The first-order valence-electron chi connectivity index (χ1n) is 7.13. The van der Waals surface area contributed by atoms with Gasteiger partial charge in [0.1, 0.15) is 0 Å². The van der Waals surface area contributed by atoms with Crippen molar-refractivity contribution in [3.8, 4) is 0 Å². The molecule has 0 bridgehead atoms. The molecular weight excluding hydrogens is 224 g/mol. The number of methoxy groups -OCH3 is 1. The number of nitrogens with zero attached hydrogens (tertiary/aromatic N) is 1. The van der Waals surface area contributed by atoms with Crippen LogP contribution in [0.4, 0.5) is 0 Å². The molecule has 18 heavy (non-hydrogen) atoms. The molecule has 0 amide bonds. The molecule has 0 aromatic carbocycles. The van der Waals surface area contributed by atoms with Gasteiger partial charge in [-0.15, -0.1) is 0 Å². The van der Waals surface area contributed by atoms with Crippen molar-refractivity contribution in [1.29, 1.82) is 0 Å². The third-order valence-corrected chi connectivity index (χ3v) is 3.31. The van der Waals surface area contributed by atoms with Crippen molar-refractivity contribution in [2.24, 2.45) is 5.92 Å². The maximum Gasteiger partial charge on any atom is 0.0630 e. The standard InChI is InChI=1S/C15H34N2O/c1-12(2)9-13(3)17(7)14(11-18-8)10-16-15(4,5)6/h12-14,16H,9-11H2,1-8H3. The van der Waals surface area contributed by atoms with Crippen LogP contribution in [0.15, 0.2) is 0 Å². The first-order chi connectivity index (χ1) is 8.17. The van der Waals surface area contributed by atoms with E-state index in [1.807, 2.05) is 0 Å². The van der Waals surface area contributed by atoms with Gasteiger partial charge in [0.05, 0.1) is 6.61 Å². The Morgan fingerprint density at radius 1 is 1.17 bits per heavy atom. The Bertz CT molecular complexity index is 211. The molecule has 0 heterocycles. The highest BCUT2D eigenvalue weighted by Crippen LogP contribution is 2.13. The molecule has 2 unspecified atom stereocenters. The van der Waals surface area contributed by atoms with Gasteiger partial charge < -0.3 is 10.1 Å². The Balaban J connectivity index is 4.38. The Hall–Kier alpha value is -0.120. The molecule has 0 aromatic rings. The molecule has 110 valence electrons. The molecule has 0 spiro atoms. The maximum absolute atomic E-state index is 5.36. The number of nitrogens with one attached hydrogen (secondary N) is 1. The topological polar surface area (TPSA) is 24.5 Å². The van der Waals surface area contributed by atoms with Crippen LogP contribution in [-0.4, -0.2) is 49.8 Å². The number of likely N-dealkylation sites (N-methyl/N-ethyl adjacent to an activating group) is 1. The van der Waals surface area contributed by atoms with Crippen LogP contribution in [0.3, 0.4) is 0 Å². The molecule has 2 atom stereocenters. The summed E-state index contributed by atoms with van der Waals surface area (Å²) in [5, 5.41) is 3.57. The summed E-state index contributed by atoms with van der Waals surface area (Å²) in [6, 6.07) is 1.02. The summed E-state index contributed by atoms with van der Waals surface area (Å²) >= 11 is 0. The third-order valence-electron chi connectivity index (χ3n) is 3.31. The minimum Gasteiger partial charge on any atom is -0.383 e. The van der Waals surface area contributed by atoms with Gasteiger partial charge in [-0.25, -0.2) is 0 Å². The predicted molar refractivity (Wildman–Crippen MR) is 80.1 cm³/mol. The Labute approximate surface area is 114 Å². The van der Waals surface area contributed by atoms with Crippen LogP contribution < -0.4 is 5.32 Å². The average molecular weight is 258 g/mol. The number of rotatable bonds is 8. The van der Waals surface area contributed by atoms with E-state index in [-0.39, 0.29) is 5.54 Å². The van der Waals surface area contributed by atoms with Crippen LogP contribution in [0, 0.1) is 5.92 Å². The number of hydrogen-bond acceptors (Lipinski definition) is 3. The van der Waals surface area contributed by atoms with Crippen molar-refractivity contribution >= 4 is 0 Å². The van der Waals surface area contributed by atoms with Crippen molar-refractivity contribution in [1.82, 2.24) is 10.2 Å². The number of ether oxygens (including phenoxy) is 1. The molecule has 3 nitrogen and oxygen atoms in total. The van der Waals surface area contributed by atoms with Crippen LogP contribution in [0.25, 0.3) is 0 Å². The van der Waals surface area contributed by atoms with E-state index in [0.29, 0.717) is 12.1 Å². The molecule has 0 fully saturated rings. The van der Waals surface area contributed by atoms with Crippen molar-refractivity contribution in [2.75, 3.05) is 27.3 Å². The highest BCUT2D eigenvalue weighted by Gasteiger charge is 2.22. The fraction of sp³-hybridized carbons (Fsp3) is 1.00. The van der Waals surface area contributed by atoms with Crippen LogP contribution in [-0.2, 0) is 4.74 Å². The Morgan fingerprint density at radius 2 is 1.72 bits per heavy atom. The second kappa shape index (κ2) is 8.13. The molecule has 0 radical (unpaired) electrons. The van der Waals surface area contributed by atoms with Crippen molar-refractivity contribution in [3.05, 3.63) is 0 Å². The van der Waals surface area contributed by atoms with Gasteiger partial charge in [0, 0.05) is 31.3 Å². The zero-order chi connectivity index (χ0) is 14.3. The van der Waals surface area contributed by atoms with Gasteiger partial charge in [-0.2, -0.15) is 0 Å². The van der Waals surface area contributed by atoms with Crippen LogP contribution in [0.1, 0.15) is 48.0 Å². The van der Waals surface area contributed by atoms with Crippen molar-refractivity contribution in [2.45, 2.75) is 65.6 Å². The third kappa shape index (κ3) is 8.06. The van der Waals surface area contributed by atoms with Gasteiger partial charge in [-0.1, -0.05) is 13.8 Å². The Morgan fingerprint density at radius 3 is 2.11 bits per heavy atom. The lowest BCUT2D eigenvalue weighted by Gasteiger charge is -2.35. The zero-order valence-corrected chi connectivity index (χ0v) is 13.7. The van der Waals surface area contributed by atoms with E-state index >= 15 is 0 Å². The first kappa shape index (κ1) is 17.9. The summed E-state index contributed by atoms with van der Waals surface area (Å²) in [5.74, 6) is 0.737. The minimum atomic E-state index is 0.161. The normalized spacial score (nSPS) is 16.3. The lowest BCUT2D eigenvalue weighted by atomic mass is 10.0. The summed E-state index contributed by atoms with van der Waals surface area (Å²) in [6.07, 6.45) is 1.23. The van der Waals surface area contributed by atoms with Gasteiger partial charge in [-0.05, 0) is 47.1 Å². The van der Waals surface area contributed by atoms with E-state index < -0.39 is 0 Å². The summed E-state index contributed by atoms with van der Waals surface area (Å²) in [7, 11) is 3.99. The molecule has 1 N–H and O–H groups in total. The second-order valence-corrected chi connectivity index (χ2v) is 6.88. The van der Waals surface area contributed by atoms with Gasteiger partial charge in [0.2, 0.25) is 0 Å². The van der Waals surface area contributed by atoms with E-state index in [0.717, 1.165) is 19.1 Å². The van der Waals surface area contributed by atoms with E-state index in [4.69, 9.17) is 4.74 Å². The van der Waals surface area contributed by atoms with Gasteiger partial charge in [0.25, 0.3) is 0 Å².